The van der Waals surface area contributed by atoms with E-state index in [2.05, 4.69) is 0 Å². The maximum atomic E-state index is 12.7. The van der Waals surface area contributed by atoms with Crippen molar-refractivity contribution in [3.8, 4) is 0 Å². The highest BCUT2D eigenvalue weighted by Gasteiger charge is 2.32. The Bertz CT molecular complexity index is 375. The molecule has 7 heteroatoms. The second-order valence-electron chi connectivity index (χ2n) is 2.45. The summed E-state index contributed by atoms with van der Waals surface area (Å²) in [4.78, 5) is 0. The van der Waals surface area contributed by atoms with Crippen LogP contribution in [-0.2, 0) is 9.09 Å². The van der Waals surface area contributed by atoms with Gasteiger partial charge in [-0.1, -0.05) is 0 Å². The van der Waals surface area contributed by atoms with Crippen LogP contribution in [0, 0.1) is 0 Å². The molecule has 4 nitrogen and oxygen atoms in total. The molecule has 1 aliphatic rings. The molecule has 1 atom stereocenters. The van der Waals surface area contributed by atoms with Crippen molar-refractivity contribution in [2.24, 2.45) is 0 Å². The summed E-state index contributed by atoms with van der Waals surface area (Å²) in [6.45, 7) is -4.72. The van der Waals surface area contributed by atoms with Crippen LogP contribution in [0.4, 0.5) is 0 Å². The first kappa shape index (κ1) is 7.10. The number of hydrogen-bond donors (Lipinski definition) is 1. The first-order chi connectivity index (χ1) is 8.59. The molecule has 0 aromatic rings. The van der Waals surface area contributed by atoms with Crippen LogP contribution in [0.3, 0.4) is 0 Å². The van der Waals surface area contributed by atoms with Gasteiger partial charge in [-0.15, -0.1) is 23.2 Å². The van der Waals surface area contributed by atoms with Gasteiger partial charge in [0.15, 0.2) is 0 Å². The third kappa shape index (κ3) is 3.37. The Kier molecular flexibility index (Phi) is 3.20. The van der Waals surface area contributed by atoms with Crippen molar-refractivity contribution in [3.63, 3.8) is 0 Å². The van der Waals surface area contributed by atoms with Gasteiger partial charge in [0.2, 0.25) is 0 Å². The average Bonchev–Trinajstić information content (AvgIpc) is 2.30. The molecule has 1 unspecified atom stereocenters. The molecule has 0 aliphatic carbocycles. The number of hydrogen-bond acceptors (Lipinski definition) is 2. The molecule has 0 bridgehead atoms. The fourth-order valence-electron chi connectivity index (χ4n) is 0.950. The number of rotatable bonds is 5. The Labute approximate surface area is 102 Å². The Morgan fingerprint density at radius 2 is 2.50 bits per heavy atom. The maximum Gasteiger partial charge on any atom is 0.343 e. The van der Waals surface area contributed by atoms with Crippen LogP contribution in [0.25, 0.3) is 0 Å². The van der Waals surface area contributed by atoms with E-state index in [-0.39, 0.29) is 25.4 Å². The number of nitrogens with one attached hydrogen (secondary N) is 1. The van der Waals surface area contributed by atoms with E-state index in [1.807, 2.05) is 0 Å². The van der Waals surface area contributed by atoms with Crippen LogP contribution in [0.15, 0.2) is 0 Å². The van der Waals surface area contributed by atoms with E-state index in [9.17, 15) is 4.57 Å². The molecule has 0 radical (unpaired) electrons. The van der Waals surface area contributed by atoms with E-state index in [0.29, 0.717) is 5.08 Å². The highest BCUT2D eigenvalue weighted by atomic mass is 35.5. The van der Waals surface area contributed by atoms with Crippen LogP contribution in [-0.4, -0.2) is 42.6 Å². The summed E-state index contributed by atoms with van der Waals surface area (Å²) in [5.74, 6) is -0.561. The Morgan fingerprint density at radius 3 is 3.14 bits per heavy atom. The van der Waals surface area contributed by atoms with Gasteiger partial charge in [0, 0.05) is 34.1 Å². The van der Waals surface area contributed by atoms with Crippen molar-refractivity contribution in [1.82, 2.24) is 9.75 Å². The fourth-order valence-corrected chi connectivity index (χ4v) is 2.99. The second-order valence-corrected chi connectivity index (χ2v) is 5.02. The van der Waals surface area contributed by atoms with Crippen molar-refractivity contribution < 1.29 is 16.0 Å². The molecule has 1 heterocycles. The highest BCUT2D eigenvalue weighted by molar-refractivity contribution is 7.54. The van der Waals surface area contributed by atoms with Gasteiger partial charge >= 0.3 is 7.67 Å². The lowest BCUT2D eigenvalue weighted by Gasteiger charge is -2.33. The number of halogens is 2. The average molecular weight is 266 g/mol. The molecule has 0 amide bonds. The maximum absolute atomic E-state index is 12.7. The Hall–Kier alpha value is 0.690. The van der Waals surface area contributed by atoms with Crippen molar-refractivity contribution >= 4 is 30.9 Å². The summed E-state index contributed by atoms with van der Waals surface area (Å²) in [6, 6.07) is 0. The molecule has 0 spiro atoms. The monoisotopic (exact) mass is 265 g/mol. The molecule has 0 saturated carbocycles. The van der Waals surface area contributed by atoms with Gasteiger partial charge in [-0.3, -0.25) is 4.57 Å². The second kappa shape index (κ2) is 6.31. The predicted octanol–water partition coefficient (Wildman–Crippen LogP) is 1.88. The molecular formula is C7H15Cl2N2O2P. The standard InChI is InChI=1S/C7H15Cl2N2O2P/c8-2-5-11(6-3-9)14(12)10-4-1-7-13-14/h1-7H2,(H,10,12)/i5D2,7D2/hD. The van der Waals surface area contributed by atoms with Gasteiger partial charge in [0.1, 0.15) is 1.41 Å². The molecular weight excluding hydrogens is 246 g/mol. The van der Waals surface area contributed by atoms with E-state index in [4.69, 9.17) is 34.6 Å². The quantitative estimate of drug-likeness (QED) is 0.609. The SMILES string of the molecule is [2H]N1CCC([2H])([2H])OP1(=O)N(CCCl)C([2H])([2H])CCl. The number of nitrogens with zero attached hydrogens (tertiary/aromatic N) is 1. The molecule has 0 aromatic carbocycles. The third-order valence-electron chi connectivity index (χ3n) is 1.52. The zero-order valence-electron chi connectivity index (χ0n) is 12.4. The smallest absolute Gasteiger partial charge is 0.306 e. The van der Waals surface area contributed by atoms with E-state index in [1.165, 1.54) is 0 Å². The van der Waals surface area contributed by atoms with Gasteiger partial charge in [0.25, 0.3) is 0 Å². The molecule has 1 aliphatic heterocycles. The largest absolute Gasteiger partial charge is 0.343 e. The molecule has 1 rings (SSSR count). The lowest BCUT2D eigenvalue weighted by Crippen LogP contribution is -2.35. The van der Waals surface area contributed by atoms with Gasteiger partial charge < -0.3 is 4.52 Å². The van der Waals surface area contributed by atoms with E-state index >= 15 is 0 Å². The van der Waals surface area contributed by atoms with Crippen molar-refractivity contribution in [3.05, 3.63) is 0 Å². The topological polar surface area (TPSA) is 41.6 Å². The minimum atomic E-state index is -4.18. The zero-order valence-corrected chi connectivity index (χ0v) is 9.86. The minimum Gasteiger partial charge on any atom is -0.306 e. The van der Waals surface area contributed by atoms with E-state index in [0.717, 1.165) is 4.67 Å². The molecule has 14 heavy (non-hydrogen) atoms. The molecule has 1 N–H and O–H groups in total. The van der Waals surface area contributed by atoms with Crippen LogP contribution >= 0.6 is 30.9 Å². The Balaban J connectivity index is 3.14. The molecule has 1 saturated heterocycles. The summed E-state index contributed by atoms with van der Waals surface area (Å²) >= 11 is 11.1. The van der Waals surface area contributed by atoms with Gasteiger partial charge in [-0.25, -0.2) is 9.75 Å². The zero-order chi connectivity index (χ0) is 14.9. The van der Waals surface area contributed by atoms with Crippen molar-refractivity contribution in [2.75, 3.05) is 37.9 Å². The van der Waals surface area contributed by atoms with Crippen LogP contribution in [0.5, 0.6) is 0 Å². The van der Waals surface area contributed by atoms with Crippen LogP contribution in [0.2, 0.25) is 1.41 Å². The van der Waals surface area contributed by atoms with Crippen LogP contribution < -0.4 is 5.08 Å². The predicted molar refractivity (Wildman–Crippen MR) is 59.2 cm³/mol. The van der Waals surface area contributed by atoms with Gasteiger partial charge in [-0.05, 0) is 6.42 Å². The fraction of sp³-hybridized carbons (Fsp3) is 1.00. The normalized spacial score (nSPS) is 39.5. The molecule has 1 fully saturated rings. The Morgan fingerprint density at radius 1 is 1.71 bits per heavy atom. The molecule has 0 aromatic heterocycles. The van der Waals surface area contributed by atoms with Crippen molar-refractivity contribution in [2.45, 2.75) is 6.42 Å². The highest BCUT2D eigenvalue weighted by Crippen LogP contribution is 2.47. The van der Waals surface area contributed by atoms with E-state index < -0.39 is 26.6 Å². The van der Waals surface area contributed by atoms with Gasteiger partial charge in [-0.2, -0.15) is 0 Å². The summed E-state index contributed by atoms with van der Waals surface area (Å²) in [7, 11) is -4.18. The lowest BCUT2D eigenvalue weighted by molar-refractivity contribution is 0.233. The molecule has 84 valence electrons. The van der Waals surface area contributed by atoms with Crippen LogP contribution in [0.1, 0.15) is 11.9 Å². The summed E-state index contributed by atoms with van der Waals surface area (Å²) in [5.41, 5.74) is 0. The number of alkyl halides is 2. The first-order valence-electron chi connectivity index (χ1n) is 6.51. The van der Waals surface area contributed by atoms with Crippen molar-refractivity contribution in [1.29, 1.82) is 0 Å². The third-order valence-corrected chi connectivity index (χ3v) is 3.68. The first-order valence-corrected chi connectivity index (χ1v) is 6.67. The lowest BCUT2D eigenvalue weighted by atomic mass is 10.5. The van der Waals surface area contributed by atoms with E-state index in [1.54, 1.807) is 0 Å². The summed E-state index contributed by atoms with van der Waals surface area (Å²) in [6.07, 6.45) is -0.126. The summed E-state index contributed by atoms with van der Waals surface area (Å²) < 4.78 is 56.5. The summed E-state index contributed by atoms with van der Waals surface area (Å²) in [5, 5.41) is 0.575. The minimum absolute atomic E-state index is 0.0550. The van der Waals surface area contributed by atoms with Gasteiger partial charge in [0.05, 0.1) is 9.30 Å².